The predicted molar refractivity (Wildman–Crippen MR) is 76.5 cm³/mol. The molecule has 0 saturated carbocycles. The zero-order valence-electron chi connectivity index (χ0n) is 11.6. The van der Waals surface area contributed by atoms with E-state index in [1.165, 1.54) is 5.56 Å². The second-order valence-corrected chi connectivity index (χ2v) is 5.08. The first-order valence-corrected chi connectivity index (χ1v) is 6.64. The average Bonchev–Trinajstić information content (AvgIpc) is 2.80. The van der Waals surface area contributed by atoms with Gasteiger partial charge in [-0.05, 0) is 12.5 Å². The van der Waals surface area contributed by atoms with Gasteiger partial charge in [-0.15, -0.1) is 6.42 Å². The van der Waals surface area contributed by atoms with Crippen molar-refractivity contribution in [2.45, 2.75) is 19.9 Å². The molecule has 4 nitrogen and oxygen atoms in total. The number of hydrogen-bond donors (Lipinski definition) is 1. The van der Waals surface area contributed by atoms with E-state index in [2.05, 4.69) is 11.2 Å². The Balaban J connectivity index is 1.94. The number of nitrogens with zero attached hydrogens (tertiary/aromatic N) is 1. The third-order valence-electron chi connectivity index (χ3n) is 3.44. The predicted octanol–water partition coefficient (Wildman–Crippen LogP) is 1.09. The summed E-state index contributed by atoms with van der Waals surface area (Å²) in [6.45, 7) is 3.25. The molecule has 4 heteroatoms. The number of hydrogen-bond acceptors (Lipinski definition) is 2. The molecule has 2 amide bonds. The van der Waals surface area contributed by atoms with Gasteiger partial charge < -0.3 is 10.2 Å². The second-order valence-electron chi connectivity index (χ2n) is 5.08. The summed E-state index contributed by atoms with van der Waals surface area (Å²) in [6.07, 6.45) is 5.37. The van der Waals surface area contributed by atoms with Gasteiger partial charge in [0.05, 0.1) is 12.5 Å². The third-order valence-corrected chi connectivity index (χ3v) is 3.44. The van der Waals surface area contributed by atoms with Crippen LogP contribution >= 0.6 is 0 Å². The quantitative estimate of drug-likeness (QED) is 0.833. The van der Waals surface area contributed by atoms with E-state index in [0.29, 0.717) is 13.1 Å². The maximum Gasteiger partial charge on any atom is 0.226 e. The largest absolute Gasteiger partial charge is 0.345 e. The molecular weight excluding hydrogens is 252 g/mol. The summed E-state index contributed by atoms with van der Waals surface area (Å²) in [4.78, 5) is 25.5. The van der Waals surface area contributed by atoms with Gasteiger partial charge in [-0.3, -0.25) is 9.59 Å². The molecule has 1 saturated heterocycles. The van der Waals surface area contributed by atoms with Crippen LogP contribution in [0.3, 0.4) is 0 Å². The van der Waals surface area contributed by atoms with Crippen LogP contribution in [-0.2, 0) is 16.1 Å². The first-order valence-electron chi connectivity index (χ1n) is 6.64. The van der Waals surface area contributed by atoms with Crippen molar-refractivity contribution in [1.82, 2.24) is 10.2 Å². The summed E-state index contributed by atoms with van der Waals surface area (Å²) in [5, 5.41) is 2.63. The van der Waals surface area contributed by atoms with Crippen LogP contribution in [0.1, 0.15) is 17.5 Å². The van der Waals surface area contributed by atoms with E-state index in [1.54, 1.807) is 4.90 Å². The van der Waals surface area contributed by atoms with Gasteiger partial charge in [-0.25, -0.2) is 0 Å². The third kappa shape index (κ3) is 3.39. The Morgan fingerprint density at radius 2 is 2.15 bits per heavy atom. The number of likely N-dealkylation sites (tertiary alicyclic amines) is 1. The number of carbonyl (C=O) groups is 2. The van der Waals surface area contributed by atoms with E-state index in [1.807, 2.05) is 31.2 Å². The average molecular weight is 270 g/mol. The van der Waals surface area contributed by atoms with Gasteiger partial charge in [0.1, 0.15) is 0 Å². The minimum atomic E-state index is -0.290. The summed E-state index contributed by atoms with van der Waals surface area (Å²) >= 11 is 0. The summed E-state index contributed by atoms with van der Waals surface area (Å²) in [5.74, 6) is 1.95. The van der Waals surface area contributed by atoms with Gasteiger partial charge in [-0.2, -0.15) is 0 Å². The maximum atomic E-state index is 11.9. The Labute approximate surface area is 119 Å². The summed E-state index contributed by atoms with van der Waals surface area (Å²) in [6, 6.07) is 8.06. The maximum absolute atomic E-state index is 11.9. The van der Waals surface area contributed by atoms with Crippen molar-refractivity contribution in [3.63, 3.8) is 0 Å². The van der Waals surface area contributed by atoms with Gasteiger partial charge in [0.25, 0.3) is 0 Å². The van der Waals surface area contributed by atoms with Crippen molar-refractivity contribution in [2.24, 2.45) is 5.92 Å². The van der Waals surface area contributed by atoms with Gasteiger partial charge >= 0.3 is 0 Å². The van der Waals surface area contributed by atoms with Gasteiger partial charge in [0.15, 0.2) is 0 Å². The molecule has 1 aliphatic rings. The monoisotopic (exact) mass is 270 g/mol. The van der Waals surface area contributed by atoms with Crippen LogP contribution in [0.25, 0.3) is 0 Å². The van der Waals surface area contributed by atoms with Crippen LogP contribution in [0, 0.1) is 25.2 Å². The fourth-order valence-corrected chi connectivity index (χ4v) is 2.30. The lowest BCUT2D eigenvalue weighted by atomic mass is 10.1. The van der Waals surface area contributed by atoms with E-state index in [9.17, 15) is 9.59 Å². The van der Waals surface area contributed by atoms with Crippen molar-refractivity contribution in [3.05, 3.63) is 35.4 Å². The van der Waals surface area contributed by atoms with Crippen molar-refractivity contribution < 1.29 is 9.59 Å². The van der Waals surface area contributed by atoms with E-state index < -0.39 is 0 Å². The van der Waals surface area contributed by atoms with Crippen LogP contribution in [0.4, 0.5) is 0 Å². The fourth-order valence-electron chi connectivity index (χ4n) is 2.30. The molecule has 0 bridgehead atoms. The van der Waals surface area contributed by atoms with Crippen molar-refractivity contribution in [1.29, 1.82) is 0 Å². The lowest BCUT2D eigenvalue weighted by Gasteiger charge is -2.16. The second kappa shape index (κ2) is 6.25. The molecule has 2 rings (SSSR count). The smallest absolute Gasteiger partial charge is 0.226 e. The fraction of sp³-hybridized carbons (Fsp3) is 0.375. The molecule has 1 heterocycles. The lowest BCUT2D eigenvalue weighted by molar-refractivity contribution is -0.129. The van der Waals surface area contributed by atoms with Crippen molar-refractivity contribution >= 4 is 11.8 Å². The van der Waals surface area contributed by atoms with Gasteiger partial charge in [-0.1, -0.05) is 35.7 Å². The number of nitrogens with one attached hydrogen (secondary N) is 1. The van der Waals surface area contributed by atoms with E-state index in [4.69, 9.17) is 6.42 Å². The van der Waals surface area contributed by atoms with Gasteiger partial charge in [0.2, 0.25) is 11.8 Å². The number of amides is 2. The number of benzene rings is 1. The van der Waals surface area contributed by atoms with E-state index in [0.717, 1.165) is 5.56 Å². The molecule has 1 aromatic rings. The lowest BCUT2D eigenvalue weighted by Crippen LogP contribution is -2.33. The zero-order chi connectivity index (χ0) is 14.5. The number of rotatable bonds is 4. The number of terminal acetylenes is 1. The molecule has 1 N–H and O–H groups in total. The molecular formula is C16H18N2O2. The molecule has 20 heavy (non-hydrogen) atoms. The van der Waals surface area contributed by atoms with E-state index in [-0.39, 0.29) is 30.7 Å². The molecule has 1 unspecified atom stereocenters. The van der Waals surface area contributed by atoms with E-state index >= 15 is 0 Å². The zero-order valence-corrected chi connectivity index (χ0v) is 11.6. The molecule has 1 aliphatic heterocycles. The highest BCUT2D eigenvalue weighted by Crippen LogP contribution is 2.20. The Hall–Kier alpha value is -2.28. The minimum Gasteiger partial charge on any atom is -0.345 e. The van der Waals surface area contributed by atoms with Gasteiger partial charge in [0, 0.05) is 19.5 Å². The number of aryl methyl sites for hydroxylation is 1. The molecule has 0 aliphatic carbocycles. The van der Waals surface area contributed by atoms with Crippen molar-refractivity contribution in [2.75, 3.05) is 13.1 Å². The molecule has 1 atom stereocenters. The highest BCUT2D eigenvalue weighted by Gasteiger charge is 2.33. The van der Waals surface area contributed by atoms with Crippen LogP contribution in [0.15, 0.2) is 24.3 Å². The van der Waals surface area contributed by atoms with Crippen LogP contribution in [0.2, 0.25) is 0 Å². The molecule has 104 valence electrons. The molecule has 0 radical (unpaired) electrons. The standard InChI is InChI=1S/C16H18N2O2/c1-3-8-17-16(20)14-9-15(19)18(11-14)10-13-6-4-12(2)5-7-13/h1,4-7,14H,8-11H2,2H3,(H,17,20). The normalized spacial score (nSPS) is 17.9. The SMILES string of the molecule is C#CCNC(=O)C1CC(=O)N(Cc2ccc(C)cc2)C1. The van der Waals surface area contributed by atoms with Crippen LogP contribution in [0.5, 0.6) is 0 Å². The summed E-state index contributed by atoms with van der Waals surface area (Å²) < 4.78 is 0. The van der Waals surface area contributed by atoms with Crippen LogP contribution in [-0.4, -0.2) is 29.8 Å². The first-order chi connectivity index (χ1) is 9.60. The molecule has 1 aromatic carbocycles. The van der Waals surface area contributed by atoms with Crippen LogP contribution < -0.4 is 5.32 Å². The summed E-state index contributed by atoms with van der Waals surface area (Å²) in [7, 11) is 0. The Morgan fingerprint density at radius 3 is 2.80 bits per heavy atom. The highest BCUT2D eigenvalue weighted by atomic mass is 16.2. The molecule has 0 aromatic heterocycles. The van der Waals surface area contributed by atoms with Crippen molar-refractivity contribution in [3.8, 4) is 12.3 Å². The summed E-state index contributed by atoms with van der Waals surface area (Å²) in [5.41, 5.74) is 2.27. The Morgan fingerprint density at radius 1 is 1.45 bits per heavy atom. The Bertz CT molecular complexity index is 543. The first kappa shape index (κ1) is 14.1. The number of carbonyl (C=O) groups excluding carboxylic acids is 2. The minimum absolute atomic E-state index is 0.0198. The molecule has 1 fully saturated rings. The Kier molecular flexibility index (Phi) is 4.41. The topological polar surface area (TPSA) is 49.4 Å². The highest BCUT2D eigenvalue weighted by molar-refractivity contribution is 5.89. The molecule has 0 spiro atoms.